The van der Waals surface area contributed by atoms with Crippen molar-refractivity contribution in [3.63, 3.8) is 0 Å². The Balaban J connectivity index is 1.63. The molecular formula is C15H18ClN5O2. The lowest BCUT2D eigenvalue weighted by atomic mass is 10.1. The molecule has 2 aliphatic heterocycles. The molecule has 2 aromatic heterocycles. The Bertz CT molecular complexity index is 765. The number of halogens is 1. The maximum Gasteiger partial charge on any atom is 0.290 e. The van der Waals surface area contributed by atoms with Crippen LogP contribution in [-0.4, -0.2) is 33.1 Å². The maximum atomic E-state index is 12.6. The number of rotatable bonds is 2. The van der Waals surface area contributed by atoms with E-state index in [1.54, 1.807) is 6.20 Å². The zero-order valence-corrected chi connectivity index (χ0v) is 13.4. The van der Waals surface area contributed by atoms with Gasteiger partial charge in [-0.25, -0.2) is 0 Å². The van der Waals surface area contributed by atoms with Crippen molar-refractivity contribution in [1.29, 1.82) is 0 Å². The normalized spacial score (nSPS) is 21.3. The molecule has 122 valence electrons. The van der Waals surface area contributed by atoms with Gasteiger partial charge in [0.1, 0.15) is 5.02 Å². The van der Waals surface area contributed by atoms with Gasteiger partial charge in [-0.15, -0.1) is 0 Å². The summed E-state index contributed by atoms with van der Waals surface area (Å²) in [5, 5.41) is 11.6. The second-order valence-corrected chi connectivity index (χ2v) is 6.34. The van der Waals surface area contributed by atoms with Crippen LogP contribution >= 0.6 is 11.6 Å². The van der Waals surface area contributed by atoms with Crippen LogP contribution in [0.1, 0.15) is 36.7 Å². The molecule has 4 rings (SSSR count). The monoisotopic (exact) mass is 335 g/mol. The largest absolute Gasteiger partial charge is 0.364 e. The summed E-state index contributed by atoms with van der Waals surface area (Å²) in [5.41, 5.74) is 2.67. The molecule has 0 amide bonds. The predicted octanol–water partition coefficient (Wildman–Crippen LogP) is 1.88. The minimum absolute atomic E-state index is 0.209. The summed E-state index contributed by atoms with van der Waals surface area (Å²) in [5.74, 6) is 0. The van der Waals surface area contributed by atoms with Crippen molar-refractivity contribution in [3.8, 4) is 0 Å². The Morgan fingerprint density at radius 3 is 3.09 bits per heavy atom. The number of fused-ring (bicyclic) bond motifs is 1. The van der Waals surface area contributed by atoms with E-state index in [-0.39, 0.29) is 16.8 Å². The zero-order valence-electron chi connectivity index (χ0n) is 12.7. The van der Waals surface area contributed by atoms with Gasteiger partial charge >= 0.3 is 0 Å². The van der Waals surface area contributed by atoms with Crippen LogP contribution in [0.4, 0.5) is 5.69 Å². The van der Waals surface area contributed by atoms with Gasteiger partial charge in [0.25, 0.3) is 5.56 Å². The molecule has 0 aliphatic carbocycles. The third-order valence-electron chi connectivity index (χ3n) is 4.49. The van der Waals surface area contributed by atoms with E-state index in [2.05, 4.69) is 20.2 Å². The first kappa shape index (κ1) is 14.7. The molecule has 1 fully saturated rings. The van der Waals surface area contributed by atoms with Gasteiger partial charge < -0.3 is 9.64 Å². The molecule has 4 heterocycles. The van der Waals surface area contributed by atoms with Crippen LogP contribution in [-0.2, 0) is 17.7 Å². The first-order valence-electron chi connectivity index (χ1n) is 7.89. The second-order valence-electron chi connectivity index (χ2n) is 5.96. The Labute approximate surface area is 138 Å². The average molecular weight is 336 g/mol. The molecule has 0 aromatic carbocycles. The molecule has 1 unspecified atom stereocenters. The molecule has 7 nitrogen and oxygen atoms in total. The third-order valence-corrected chi connectivity index (χ3v) is 4.85. The summed E-state index contributed by atoms with van der Waals surface area (Å²) in [7, 11) is 0. The van der Waals surface area contributed by atoms with Crippen molar-refractivity contribution in [2.45, 2.75) is 38.5 Å². The van der Waals surface area contributed by atoms with E-state index in [1.807, 2.05) is 6.20 Å². The number of H-pyrrole nitrogens is 1. The lowest BCUT2D eigenvalue weighted by Crippen LogP contribution is -2.35. The van der Waals surface area contributed by atoms with Gasteiger partial charge in [0, 0.05) is 37.4 Å². The number of ether oxygens (including phenoxy) is 1. The molecule has 1 atom stereocenters. The molecule has 0 spiro atoms. The molecule has 8 heteroatoms. The van der Waals surface area contributed by atoms with E-state index in [4.69, 9.17) is 16.3 Å². The number of nitrogens with zero attached hydrogens (tertiary/aromatic N) is 4. The van der Waals surface area contributed by atoms with Crippen molar-refractivity contribution in [2.24, 2.45) is 0 Å². The average Bonchev–Trinajstić information content (AvgIpc) is 3.05. The number of nitrogens with one attached hydrogen (secondary N) is 1. The fourth-order valence-electron chi connectivity index (χ4n) is 3.21. The van der Waals surface area contributed by atoms with Gasteiger partial charge in [-0.2, -0.15) is 14.9 Å². The summed E-state index contributed by atoms with van der Waals surface area (Å²) in [6, 6.07) is 0. The number of hydrogen-bond acceptors (Lipinski definition) is 5. The molecule has 23 heavy (non-hydrogen) atoms. The number of aromatic nitrogens is 4. The van der Waals surface area contributed by atoms with E-state index in [0.29, 0.717) is 18.8 Å². The van der Waals surface area contributed by atoms with Gasteiger partial charge in [0.15, 0.2) is 6.23 Å². The van der Waals surface area contributed by atoms with Crippen LogP contribution in [0.25, 0.3) is 0 Å². The van der Waals surface area contributed by atoms with Crippen molar-refractivity contribution < 1.29 is 4.74 Å². The molecule has 1 N–H and O–H groups in total. The minimum atomic E-state index is -0.301. The third kappa shape index (κ3) is 2.64. The molecular weight excluding hydrogens is 318 g/mol. The summed E-state index contributed by atoms with van der Waals surface area (Å²) in [4.78, 5) is 14.6. The second kappa shape index (κ2) is 5.98. The van der Waals surface area contributed by atoms with Crippen molar-refractivity contribution in [1.82, 2.24) is 20.0 Å². The maximum absolute atomic E-state index is 12.6. The van der Waals surface area contributed by atoms with E-state index >= 15 is 0 Å². The lowest BCUT2D eigenvalue weighted by Gasteiger charge is -2.29. The highest BCUT2D eigenvalue weighted by molar-refractivity contribution is 6.33. The van der Waals surface area contributed by atoms with Crippen molar-refractivity contribution >= 4 is 17.3 Å². The summed E-state index contributed by atoms with van der Waals surface area (Å²) in [6.07, 6.45) is 6.90. The SMILES string of the molecule is O=c1c(Cl)c(N2CCc3[nH]ncc3C2)cnn1C1CCCCO1. The highest BCUT2D eigenvalue weighted by atomic mass is 35.5. The molecule has 0 radical (unpaired) electrons. The van der Waals surface area contributed by atoms with E-state index < -0.39 is 0 Å². The summed E-state index contributed by atoms with van der Waals surface area (Å²) >= 11 is 6.36. The highest BCUT2D eigenvalue weighted by Crippen LogP contribution is 2.28. The smallest absolute Gasteiger partial charge is 0.290 e. The molecule has 1 saturated heterocycles. The van der Waals surface area contributed by atoms with Gasteiger partial charge in [0.2, 0.25) is 0 Å². The predicted molar refractivity (Wildman–Crippen MR) is 85.7 cm³/mol. The van der Waals surface area contributed by atoms with Crippen LogP contribution in [0.5, 0.6) is 0 Å². The van der Waals surface area contributed by atoms with Gasteiger partial charge in [-0.3, -0.25) is 9.89 Å². The quantitative estimate of drug-likeness (QED) is 0.907. The zero-order chi connectivity index (χ0) is 15.8. The number of anilines is 1. The van der Waals surface area contributed by atoms with Crippen LogP contribution in [0, 0.1) is 0 Å². The lowest BCUT2D eigenvalue weighted by molar-refractivity contribution is -0.0424. The first-order valence-corrected chi connectivity index (χ1v) is 8.27. The van der Waals surface area contributed by atoms with Gasteiger partial charge in [-0.1, -0.05) is 11.6 Å². The van der Waals surface area contributed by atoms with E-state index in [1.165, 1.54) is 4.68 Å². The molecule has 0 bridgehead atoms. The Kier molecular flexibility index (Phi) is 3.82. The summed E-state index contributed by atoms with van der Waals surface area (Å²) in [6.45, 7) is 2.12. The first-order chi connectivity index (χ1) is 11.2. The standard InChI is InChI=1S/C15H18ClN5O2/c16-14-12(20-5-4-11-10(9-20)7-17-19-11)8-18-21(15(14)22)13-3-1-2-6-23-13/h7-8,13H,1-6,9H2,(H,17,19). The number of hydrogen-bond donors (Lipinski definition) is 1. The van der Waals surface area contributed by atoms with Gasteiger partial charge in [-0.05, 0) is 19.3 Å². The Morgan fingerprint density at radius 1 is 1.35 bits per heavy atom. The fourth-order valence-corrected chi connectivity index (χ4v) is 3.46. The Morgan fingerprint density at radius 2 is 2.26 bits per heavy atom. The van der Waals surface area contributed by atoms with E-state index in [9.17, 15) is 4.79 Å². The molecule has 2 aromatic rings. The van der Waals surface area contributed by atoms with Crippen LogP contribution in [0.2, 0.25) is 5.02 Å². The van der Waals surface area contributed by atoms with Crippen LogP contribution < -0.4 is 10.5 Å². The molecule has 0 saturated carbocycles. The van der Waals surface area contributed by atoms with Crippen molar-refractivity contribution in [3.05, 3.63) is 39.0 Å². The van der Waals surface area contributed by atoms with Crippen LogP contribution in [0.3, 0.4) is 0 Å². The Hall–Kier alpha value is -1.86. The topological polar surface area (TPSA) is 76.0 Å². The summed E-state index contributed by atoms with van der Waals surface area (Å²) < 4.78 is 7.01. The highest BCUT2D eigenvalue weighted by Gasteiger charge is 2.24. The van der Waals surface area contributed by atoms with Gasteiger partial charge in [0.05, 0.1) is 18.1 Å². The number of aromatic amines is 1. The van der Waals surface area contributed by atoms with Crippen molar-refractivity contribution in [2.75, 3.05) is 18.1 Å². The fraction of sp³-hybridized carbons (Fsp3) is 0.533. The van der Waals surface area contributed by atoms with Crippen LogP contribution in [0.15, 0.2) is 17.2 Å². The molecule has 2 aliphatic rings. The minimum Gasteiger partial charge on any atom is -0.364 e. The van der Waals surface area contributed by atoms with E-state index in [0.717, 1.165) is 43.5 Å².